The van der Waals surface area contributed by atoms with E-state index in [1.807, 2.05) is 24.3 Å². The maximum absolute atomic E-state index is 6.23. The first-order valence-electron chi connectivity index (χ1n) is 7.11. The van der Waals surface area contributed by atoms with Crippen molar-refractivity contribution in [2.45, 2.75) is 45.7 Å². The second-order valence-electron chi connectivity index (χ2n) is 5.91. The van der Waals surface area contributed by atoms with Crippen LogP contribution in [0.1, 0.15) is 45.2 Å². The van der Waals surface area contributed by atoms with E-state index in [0.717, 1.165) is 29.5 Å². The molecule has 0 saturated heterocycles. The summed E-state index contributed by atoms with van der Waals surface area (Å²) in [6, 6.07) is 8.52. The van der Waals surface area contributed by atoms with Gasteiger partial charge in [0.05, 0.1) is 0 Å². The summed E-state index contributed by atoms with van der Waals surface area (Å²) in [5.41, 5.74) is 7.35. The van der Waals surface area contributed by atoms with Gasteiger partial charge in [0, 0.05) is 17.1 Å². The molecule has 0 aliphatic rings. The van der Waals surface area contributed by atoms with Crippen molar-refractivity contribution in [2.24, 2.45) is 11.7 Å². The zero-order valence-electron chi connectivity index (χ0n) is 12.6. The Morgan fingerprint density at radius 2 is 1.95 bits per heavy atom. The molecule has 2 atom stereocenters. The van der Waals surface area contributed by atoms with E-state index in [1.165, 1.54) is 6.42 Å². The van der Waals surface area contributed by atoms with Crippen molar-refractivity contribution < 1.29 is 0 Å². The van der Waals surface area contributed by atoms with Gasteiger partial charge in [-0.05, 0) is 57.0 Å². The molecule has 2 nitrogen and oxygen atoms in total. The van der Waals surface area contributed by atoms with Crippen molar-refractivity contribution in [3.63, 3.8) is 0 Å². The lowest BCUT2D eigenvalue weighted by atomic mass is 10.0. The minimum Gasteiger partial charge on any atom is -0.324 e. The molecule has 0 aliphatic carbocycles. The highest BCUT2D eigenvalue weighted by atomic mass is 35.5. The van der Waals surface area contributed by atoms with Crippen molar-refractivity contribution >= 4 is 11.6 Å². The zero-order valence-corrected chi connectivity index (χ0v) is 13.3. The molecule has 0 aliphatic heterocycles. The predicted molar refractivity (Wildman–Crippen MR) is 84.5 cm³/mol. The van der Waals surface area contributed by atoms with Crippen LogP contribution in [-0.2, 0) is 0 Å². The topological polar surface area (TPSA) is 29.3 Å². The molecule has 0 spiro atoms. The maximum atomic E-state index is 6.23. The molecule has 3 heteroatoms. The van der Waals surface area contributed by atoms with Gasteiger partial charge in [-0.3, -0.25) is 0 Å². The third kappa shape index (κ3) is 5.94. The number of hydrogen-bond acceptors (Lipinski definition) is 2. The number of hydrogen-bond donors (Lipinski definition) is 1. The van der Waals surface area contributed by atoms with E-state index in [-0.39, 0.29) is 6.04 Å². The van der Waals surface area contributed by atoms with Gasteiger partial charge in [-0.15, -0.1) is 0 Å². The molecule has 19 heavy (non-hydrogen) atoms. The predicted octanol–water partition coefficient (Wildman–Crippen LogP) is 4.10. The lowest BCUT2D eigenvalue weighted by Gasteiger charge is -2.27. The number of nitrogens with zero attached hydrogens (tertiary/aromatic N) is 1. The third-order valence-corrected chi connectivity index (χ3v) is 3.87. The average molecular weight is 283 g/mol. The van der Waals surface area contributed by atoms with Crippen LogP contribution in [0.25, 0.3) is 0 Å². The molecule has 0 heterocycles. The summed E-state index contributed by atoms with van der Waals surface area (Å²) in [6.07, 6.45) is 2.18. The second kappa shape index (κ2) is 7.88. The third-order valence-electron chi connectivity index (χ3n) is 3.63. The smallest absolute Gasteiger partial charge is 0.0409 e. The minimum atomic E-state index is 0.0624. The first-order valence-corrected chi connectivity index (χ1v) is 7.49. The van der Waals surface area contributed by atoms with E-state index >= 15 is 0 Å². The largest absolute Gasteiger partial charge is 0.324 e. The van der Waals surface area contributed by atoms with Crippen LogP contribution in [0, 0.1) is 5.92 Å². The standard InChI is InChI=1S/C16H27ClN2/c1-12(2)10-13(3)19(4)9-8-16(18)14-6-5-7-15(17)11-14/h5-7,11-13,16H,8-10,18H2,1-4H3. The maximum Gasteiger partial charge on any atom is 0.0409 e. The molecule has 108 valence electrons. The highest BCUT2D eigenvalue weighted by molar-refractivity contribution is 6.30. The molecule has 0 saturated carbocycles. The van der Waals surface area contributed by atoms with Gasteiger partial charge in [0.25, 0.3) is 0 Å². The molecule has 0 aromatic heterocycles. The van der Waals surface area contributed by atoms with Crippen LogP contribution in [0.5, 0.6) is 0 Å². The molecular weight excluding hydrogens is 256 g/mol. The molecule has 1 rings (SSSR count). The summed E-state index contributed by atoms with van der Waals surface area (Å²) in [4.78, 5) is 2.39. The van der Waals surface area contributed by atoms with Crippen LogP contribution >= 0.6 is 11.6 Å². The lowest BCUT2D eigenvalue weighted by molar-refractivity contribution is 0.221. The molecule has 0 bridgehead atoms. The van der Waals surface area contributed by atoms with Gasteiger partial charge in [0.2, 0.25) is 0 Å². The fourth-order valence-corrected chi connectivity index (χ4v) is 2.53. The van der Waals surface area contributed by atoms with E-state index in [9.17, 15) is 0 Å². The van der Waals surface area contributed by atoms with Crippen LogP contribution < -0.4 is 5.73 Å². The summed E-state index contributed by atoms with van der Waals surface area (Å²) >= 11 is 5.99. The van der Waals surface area contributed by atoms with Crippen molar-refractivity contribution in [1.82, 2.24) is 4.90 Å². The van der Waals surface area contributed by atoms with Crippen molar-refractivity contribution in [2.75, 3.05) is 13.6 Å². The summed E-state index contributed by atoms with van der Waals surface area (Å²) in [6.45, 7) is 7.83. The van der Waals surface area contributed by atoms with Crippen LogP contribution in [0.15, 0.2) is 24.3 Å². The number of rotatable bonds is 7. The van der Waals surface area contributed by atoms with Crippen LogP contribution in [0.4, 0.5) is 0 Å². The van der Waals surface area contributed by atoms with E-state index in [4.69, 9.17) is 17.3 Å². The molecule has 1 aromatic carbocycles. The summed E-state index contributed by atoms with van der Waals surface area (Å²) in [5, 5.41) is 0.759. The van der Waals surface area contributed by atoms with Crippen molar-refractivity contribution in [3.05, 3.63) is 34.9 Å². The monoisotopic (exact) mass is 282 g/mol. The van der Waals surface area contributed by atoms with Gasteiger partial charge in [-0.25, -0.2) is 0 Å². The molecule has 0 radical (unpaired) electrons. The number of benzene rings is 1. The van der Waals surface area contributed by atoms with Gasteiger partial charge < -0.3 is 10.6 Å². The van der Waals surface area contributed by atoms with Gasteiger partial charge in [0.1, 0.15) is 0 Å². The van der Waals surface area contributed by atoms with Gasteiger partial charge in [-0.1, -0.05) is 37.6 Å². The first kappa shape index (κ1) is 16.5. The summed E-state index contributed by atoms with van der Waals surface area (Å²) in [7, 11) is 2.18. The van der Waals surface area contributed by atoms with Crippen LogP contribution in [0.3, 0.4) is 0 Å². The van der Waals surface area contributed by atoms with Gasteiger partial charge >= 0.3 is 0 Å². The summed E-state index contributed by atoms with van der Waals surface area (Å²) in [5.74, 6) is 0.735. The SMILES string of the molecule is CC(C)CC(C)N(C)CCC(N)c1cccc(Cl)c1. The number of nitrogens with two attached hydrogens (primary N) is 1. The molecule has 0 fully saturated rings. The molecule has 2 N–H and O–H groups in total. The Morgan fingerprint density at radius 3 is 2.53 bits per heavy atom. The van der Waals surface area contributed by atoms with Crippen molar-refractivity contribution in [3.8, 4) is 0 Å². The van der Waals surface area contributed by atoms with Gasteiger partial charge in [-0.2, -0.15) is 0 Å². The molecule has 2 unspecified atom stereocenters. The zero-order chi connectivity index (χ0) is 14.4. The second-order valence-corrected chi connectivity index (χ2v) is 6.35. The molecule has 1 aromatic rings. The molecular formula is C16H27ClN2. The Hall–Kier alpha value is -0.570. The Morgan fingerprint density at radius 1 is 1.26 bits per heavy atom. The van der Waals surface area contributed by atoms with E-state index < -0.39 is 0 Å². The Kier molecular flexibility index (Phi) is 6.84. The Labute approximate surface area is 122 Å². The Bertz CT molecular complexity index is 379. The van der Waals surface area contributed by atoms with E-state index in [1.54, 1.807) is 0 Å². The fraction of sp³-hybridized carbons (Fsp3) is 0.625. The highest BCUT2D eigenvalue weighted by Crippen LogP contribution is 2.19. The quantitative estimate of drug-likeness (QED) is 0.816. The van der Waals surface area contributed by atoms with E-state index in [0.29, 0.717) is 6.04 Å². The summed E-state index contributed by atoms with van der Waals surface area (Å²) < 4.78 is 0. The first-order chi connectivity index (χ1) is 8.90. The Balaban J connectivity index is 2.43. The van der Waals surface area contributed by atoms with Crippen molar-refractivity contribution in [1.29, 1.82) is 0 Å². The minimum absolute atomic E-state index is 0.0624. The van der Waals surface area contributed by atoms with E-state index in [2.05, 4.69) is 32.7 Å². The lowest BCUT2D eigenvalue weighted by Crippen LogP contribution is -2.32. The normalized spacial score (nSPS) is 14.9. The van der Waals surface area contributed by atoms with Crippen LogP contribution in [-0.4, -0.2) is 24.5 Å². The van der Waals surface area contributed by atoms with Crippen LogP contribution in [0.2, 0.25) is 5.02 Å². The molecule has 0 amide bonds. The fourth-order valence-electron chi connectivity index (χ4n) is 2.33. The van der Waals surface area contributed by atoms with Gasteiger partial charge in [0.15, 0.2) is 0 Å². The highest BCUT2D eigenvalue weighted by Gasteiger charge is 2.13. The number of halogens is 1. The average Bonchev–Trinajstić information content (AvgIpc) is 2.34.